The van der Waals surface area contributed by atoms with E-state index in [1.54, 1.807) is 11.3 Å². The highest BCUT2D eigenvalue weighted by molar-refractivity contribution is 14.1. The van der Waals surface area contributed by atoms with E-state index in [1.807, 2.05) is 18.2 Å². The lowest BCUT2D eigenvalue weighted by molar-refractivity contribution is 1.81. The van der Waals surface area contributed by atoms with Crippen molar-refractivity contribution in [2.45, 2.75) is 0 Å². The summed E-state index contributed by atoms with van der Waals surface area (Å²) in [4.78, 5) is 0. The summed E-state index contributed by atoms with van der Waals surface area (Å²) < 4.78 is 2.22. The number of nitrogen functional groups attached to an aromatic ring is 1. The fraction of sp³-hybridized carbons (Fsp3) is 0. The Bertz CT molecular complexity index is 438. The molecular weight excluding hydrogens is 305 g/mol. The van der Waals surface area contributed by atoms with Crippen molar-refractivity contribution in [2.75, 3.05) is 5.73 Å². The van der Waals surface area contributed by atoms with Crippen LogP contribution < -0.4 is 5.73 Å². The van der Waals surface area contributed by atoms with Gasteiger partial charge in [-0.25, -0.2) is 0 Å². The van der Waals surface area contributed by atoms with Gasteiger partial charge in [0.2, 0.25) is 0 Å². The second-order valence-electron chi connectivity index (χ2n) is 2.39. The lowest BCUT2D eigenvalue weighted by atomic mass is 10.3. The number of rotatable bonds is 0. The molecule has 0 spiro atoms. The van der Waals surface area contributed by atoms with Gasteiger partial charge in [0.05, 0.1) is 8.59 Å². The lowest BCUT2D eigenvalue weighted by Gasteiger charge is -1.92. The summed E-state index contributed by atoms with van der Waals surface area (Å²) in [6.07, 6.45) is 0. The quantitative estimate of drug-likeness (QED) is 0.737. The van der Waals surface area contributed by atoms with Crippen LogP contribution in [-0.2, 0) is 0 Å². The molecule has 4 heteroatoms. The van der Waals surface area contributed by atoms with Crippen LogP contribution in [0.5, 0.6) is 0 Å². The normalized spacial score (nSPS) is 10.8. The predicted molar refractivity (Wildman–Crippen MR) is 64.0 cm³/mol. The molecule has 2 N–H and O–H groups in total. The summed E-state index contributed by atoms with van der Waals surface area (Å²) in [6.45, 7) is 0. The van der Waals surface area contributed by atoms with E-state index in [0.29, 0.717) is 0 Å². The van der Waals surface area contributed by atoms with Crippen LogP contribution in [0, 0.1) is 3.57 Å². The first kappa shape index (κ1) is 8.59. The van der Waals surface area contributed by atoms with Gasteiger partial charge in [0.1, 0.15) is 5.00 Å². The van der Waals surface area contributed by atoms with Crippen molar-refractivity contribution in [3.63, 3.8) is 0 Å². The van der Waals surface area contributed by atoms with Crippen molar-refractivity contribution in [3.8, 4) is 0 Å². The molecule has 0 aliphatic carbocycles. The maximum Gasteiger partial charge on any atom is 0.100 e. The minimum atomic E-state index is 0.782. The van der Waals surface area contributed by atoms with Crippen LogP contribution >= 0.6 is 45.5 Å². The van der Waals surface area contributed by atoms with Gasteiger partial charge in [-0.05, 0) is 34.7 Å². The molecule has 2 aromatic rings. The fourth-order valence-corrected chi connectivity index (χ4v) is 3.56. The molecular formula is C8H5ClINS. The van der Waals surface area contributed by atoms with E-state index in [-0.39, 0.29) is 0 Å². The van der Waals surface area contributed by atoms with Crippen molar-refractivity contribution in [3.05, 3.63) is 26.8 Å². The van der Waals surface area contributed by atoms with Crippen molar-refractivity contribution >= 4 is 60.6 Å². The molecule has 0 fully saturated rings. The summed E-state index contributed by atoms with van der Waals surface area (Å²) >= 11 is 9.83. The van der Waals surface area contributed by atoms with Crippen LogP contribution in [-0.4, -0.2) is 0 Å². The van der Waals surface area contributed by atoms with E-state index in [4.69, 9.17) is 17.3 Å². The van der Waals surface area contributed by atoms with E-state index in [1.165, 1.54) is 0 Å². The molecule has 0 unspecified atom stereocenters. The monoisotopic (exact) mass is 309 g/mol. The van der Waals surface area contributed by atoms with Crippen LogP contribution in [0.4, 0.5) is 5.00 Å². The highest BCUT2D eigenvalue weighted by atomic mass is 127. The second-order valence-corrected chi connectivity index (χ2v) is 4.96. The first-order chi connectivity index (χ1) is 5.70. The zero-order chi connectivity index (χ0) is 8.72. The van der Waals surface area contributed by atoms with Crippen molar-refractivity contribution in [1.29, 1.82) is 0 Å². The Morgan fingerprint density at radius 3 is 2.83 bits per heavy atom. The number of hydrogen-bond donors (Lipinski definition) is 1. The second kappa shape index (κ2) is 3.05. The molecule has 0 saturated heterocycles. The molecule has 1 aromatic heterocycles. The molecule has 0 radical (unpaired) electrons. The van der Waals surface area contributed by atoms with Crippen molar-refractivity contribution in [2.24, 2.45) is 0 Å². The molecule has 0 amide bonds. The molecule has 0 atom stereocenters. The number of benzene rings is 1. The standard InChI is InChI=1S/C8H5ClINS/c9-4-2-1-3-5-6(4)7(10)8(11)12-5/h1-3H,11H2. The van der Waals surface area contributed by atoms with Crippen molar-refractivity contribution in [1.82, 2.24) is 0 Å². The lowest BCUT2D eigenvalue weighted by Crippen LogP contribution is -1.80. The largest absolute Gasteiger partial charge is 0.390 e. The van der Waals surface area contributed by atoms with Gasteiger partial charge in [0, 0.05) is 10.1 Å². The van der Waals surface area contributed by atoms with Crippen LogP contribution in [0.15, 0.2) is 18.2 Å². The molecule has 2 rings (SSSR count). The molecule has 0 aliphatic rings. The van der Waals surface area contributed by atoms with E-state index < -0.39 is 0 Å². The summed E-state index contributed by atoms with van der Waals surface area (Å²) in [5, 5.41) is 2.71. The SMILES string of the molecule is Nc1sc2cccc(Cl)c2c1I. The third-order valence-corrected chi connectivity index (χ3v) is 4.42. The molecule has 1 heterocycles. The molecule has 1 nitrogen and oxygen atoms in total. The molecule has 0 aliphatic heterocycles. The first-order valence-corrected chi connectivity index (χ1v) is 5.59. The van der Waals surface area contributed by atoms with Gasteiger partial charge in [-0.1, -0.05) is 17.7 Å². The maximum absolute atomic E-state index is 6.02. The summed E-state index contributed by atoms with van der Waals surface area (Å²) in [5.74, 6) is 0. The molecule has 12 heavy (non-hydrogen) atoms. The third kappa shape index (κ3) is 1.20. The van der Waals surface area contributed by atoms with E-state index in [0.717, 1.165) is 23.7 Å². The highest BCUT2D eigenvalue weighted by Crippen LogP contribution is 2.38. The zero-order valence-electron chi connectivity index (χ0n) is 5.97. The minimum absolute atomic E-state index is 0.782. The summed E-state index contributed by atoms with van der Waals surface area (Å²) in [5.41, 5.74) is 5.77. The molecule has 62 valence electrons. The minimum Gasteiger partial charge on any atom is -0.390 e. The topological polar surface area (TPSA) is 26.0 Å². The zero-order valence-corrected chi connectivity index (χ0v) is 9.70. The van der Waals surface area contributed by atoms with Gasteiger partial charge in [-0.15, -0.1) is 11.3 Å². The maximum atomic E-state index is 6.02. The Morgan fingerprint density at radius 1 is 1.42 bits per heavy atom. The molecule has 0 bridgehead atoms. The van der Waals surface area contributed by atoms with Crippen LogP contribution in [0.1, 0.15) is 0 Å². The number of nitrogens with two attached hydrogens (primary N) is 1. The Balaban J connectivity index is 2.97. The van der Waals surface area contributed by atoms with Gasteiger partial charge in [0.15, 0.2) is 0 Å². The highest BCUT2D eigenvalue weighted by Gasteiger charge is 2.08. The van der Waals surface area contributed by atoms with E-state index >= 15 is 0 Å². The van der Waals surface area contributed by atoms with E-state index in [2.05, 4.69) is 22.6 Å². The Kier molecular flexibility index (Phi) is 2.18. The number of anilines is 1. The first-order valence-electron chi connectivity index (χ1n) is 3.32. The van der Waals surface area contributed by atoms with Crippen molar-refractivity contribution < 1.29 is 0 Å². The average Bonchev–Trinajstić information content (AvgIpc) is 2.29. The Hall–Kier alpha value is -0.000000000000000111. The van der Waals surface area contributed by atoms with Crippen LogP contribution in [0.2, 0.25) is 5.02 Å². The average molecular weight is 310 g/mol. The van der Waals surface area contributed by atoms with Gasteiger partial charge < -0.3 is 5.73 Å². The Morgan fingerprint density at radius 2 is 2.17 bits per heavy atom. The molecule has 1 aromatic carbocycles. The number of hydrogen-bond acceptors (Lipinski definition) is 2. The summed E-state index contributed by atoms with van der Waals surface area (Å²) in [6, 6.07) is 5.86. The molecule has 0 saturated carbocycles. The van der Waals surface area contributed by atoms with Crippen LogP contribution in [0.25, 0.3) is 10.1 Å². The smallest absolute Gasteiger partial charge is 0.100 e. The van der Waals surface area contributed by atoms with E-state index in [9.17, 15) is 0 Å². The number of thiophene rings is 1. The van der Waals surface area contributed by atoms with Gasteiger partial charge in [-0.2, -0.15) is 0 Å². The van der Waals surface area contributed by atoms with Gasteiger partial charge in [-0.3, -0.25) is 0 Å². The van der Waals surface area contributed by atoms with Crippen LogP contribution in [0.3, 0.4) is 0 Å². The van der Waals surface area contributed by atoms with Gasteiger partial charge >= 0.3 is 0 Å². The predicted octanol–water partition coefficient (Wildman–Crippen LogP) is 3.74. The fourth-order valence-electron chi connectivity index (χ4n) is 1.09. The summed E-state index contributed by atoms with van der Waals surface area (Å²) in [7, 11) is 0. The third-order valence-electron chi connectivity index (χ3n) is 1.63. The number of fused-ring (bicyclic) bond motifs is 1. The van der Waals surface area contributed by atoms with Gasteiger partial charge in [0.25, 0.3) is 0 Å². The number of halogens is 2. The Labute approximate surface area is 92.7 Å².